The van der Waals surface area contributed by atoms with E-state index in [9.17, 15) is 9.59 Å². The van der Waals surface area contributed by atoms with Crippen LogP contribution in [0.2, 0.25) is 0 Å². The second-order valence-corrected chi connectivity index (χ2v) is 5.67. The number of amides is 2. The summed E-state index contributed by atoms with van der Waals surface area (Å²) in [5, 5.41) is 5.34. The van der Waals surface area contributed by atoms with Gasteiger partial charge in [0.2, 0.25) is 5.91 Å². The molecule has 0 aliphatic carbocycles. The van der Waals surface area contributed by atoms with Crippen molar-refractivity contribution in [3.05, 3.63) is 54.1 Å². The highest BCUT2D eigenvalue weighted by Crippen LogP contribution is 2.27. The molecule has 7 nitrogen and oxygen atoms in total. The molecule has 0 saturated carbocycles. The molecule has 0 saturated heterocycles. The van der Waals surface area contributed by atoms with E-state index in [2.05, 4.69) is 10.6 Å². The number of hydrogen-bond acceptors (Lipinski definition) is 5. The number of benzene rings is 2. The molecule has 0 aromatic heterocycles. The normalized spacial score (nSPS) is 10.0. The van der Waals surface area contributed by atoms with Gasteiger partial charge in [-0.15, -0.1) is 0 Å². The molecule has 0 aliphatic rings. The Bertz CT molecular complexity index is 749. The molecule has 7 heteroatoms. The van der Waals surface area contributed by atoms with Crippen LogP contribution in [0.4, 0.5) is 4.79 Å². The van der Waals surface area contributed by atoms with Crippen LogP contribution in [0.5, 0.6) is 17.2 Å². The predicted molar refractivity (Wildman–Crippen MR) is 101 cm³/mol. The van der Waals surface area contributed by atoms with Crippen molar-refractivity contribution in [1.82, 2.24) is 10.6 Å². The minimum Gasteiger partial charge on any atom is -0.493 e. The summed E-state index contributed by atoms with van der Waals surface area (Å²) in [6.07, 6.45) is 0.361. The number of rotatable bonds is 9. The average molecular weight is 372 g/mol. The molecule has 27 heavy (non-hydrogen) atoms. The molecule has 0 fully saturated rings. The van der Waals surface area contributed by atoms with Gasteiger partial charge in [-0.3, -0.25) is 4.79 Å². The van der Waals surface area contributed by atoms with E-state index >= 15 is 0 Å². The van der Waals surface area contributed by atoms with Crippen LogP contribution in [0.3, 0.4) is 0 Å². The van der Waals surface area contributed by atoms with Crippen molar-refractivity contribution < 1.29 is 23.8 Å². The zero-order valence-electron chi connectivity index (χ0n) is 15.5. The summed E-state index contributed by atoms with van der Waals surface area (Å²) in [7, 11) is 3.15. The van der Waals surface area contributed by atoms with Crippen LogP contribution in [-0.4, -0.2) is 39.3 Å². The van der Waals surface area contributed by atoms with Crippen LogP contribution in [0.15, 0.2) is 48.5 Å². The van der Waals surface area contributed by atoms with E-state index < -0.39 is 6.09 Å². The minimum atomic E-state index is -0.555. The van der Waals surface area contributed by atoms with Gasteiger partial charge in [0.15, 0.2) is 11.5 Å². The number of para-hydroxylation sites is 1. The molecule has 0 unspecified atom stereocenters. The SMILES string of the molecule is COc1ccc(CCC(=O)NCCNC(=O)Oc2ccccc2)cc1OC. The number of nitrogens with one attached hydrogen (secondary N) is 2. The Morgan fingerprint density at radius 2 is 1.59 bits per heavy atom. The lowest BCUT2D eigenvalue weighted by atomic mass is 10.1. The fourth-order valence-corrected chi connectivity index (χ4v) is 2.38. The lowest BCUT2D eigenvalue weighted by molar-refractivity contribution is -0.121. The number of methoxy groups -OCH3 is 2. The zero-order chi connectivity index (χ0) is 19.5. The topological polar surface area (TPSA) is 85.9 Å². The van der Waals surface area contributed by atoms with Gasteiger partial charge in [-0.05, 0) is 36.2 Å². The van der Waals surface area contributed by atoms with Crippen molar-refractivity contribution in [3.63, 3.8) is 0 Å². The van der Waals surface area contributed by atoms with E-state index in [-0.39, 0.29) is 12.5 Å². The van der Waals surface area contributed by atoms with Crippen molar-refractivity contribution in [1.29, 1.82) is 0 Å². The first-order valence-electron chi connectivity index (χ1n) is 8.60. The highest BCUT2D eigenvalue weighted by molar-refractivity contribution is 5.76. The molecular formula is C20H24N2O5. The number of carbonyl (C=O) groups is 2. The van der Waals surface area contributed by atoms with E-state index in [0.29, 0.717) is 36.6 Å². The summed E-state index contributed by atoms with van der Waals surface area (Å²) in [5.74, 6) is 1.66. The maximum atomic E-state index is 11.9. The van der Waals surface area contributed by atoms with Crippen LogP contribution >= 0.6 is 0 Å². The molecule has 144 valence electrons. The van der Waals surface area contributed by atoms with Crippen molar-refractivity contribution in [2.75, 3.05) is 27.3 Å². The van der Waals surface area contributed by atoms with E-state index in [4.69, 9.17) is 14.2 Å². The van der Waals surface area contributed by atoms with E-state index in [1.165, 1.54) is 0 Å². The molecular weight excluding hydrogens is 348 g/mol. The summed E-state index contributed by atoms with van der Waals surface area (Å²) in [6, 6.07) is 14.3. The monoisotopic (exact) mass is 372 g/mol. The Hall–Kier alpha value is -3.22. The maximum absolute atomic E-state index is 11.9. The summed E-state index contributed by atoms with van der Waals surface area (Å²) in [6.45, 7) is 0.614. The third-order valence-electron chi connectivity index (χ3n) is 3.76. The van der Waals surface area contributed by atoms with Gasteiger partial charge in [0, 0.05) is 19.5 Å². The second-order valence-electron chi connectivity index (χ2n) is 5.67. The van der Waals surface area contributed by atoms with Gasteiger partial charge in [-0.25, -0.2) is 4.79 Å². The van der Waals surface area contributed by atoms with Crippen molar-refractivity contribution in [3.8, 4) is 17.2 Å². The zero-order valence-corrected chi connectivity index (χ0v) is 15.5. The molecule has 2 rings (SSSR count). The van der Waals surface area contributed by atoms with E-state index in [1.807, 2.05) is 24.3 Å². The van der Waals surface area contributed by atoms with Gasteiger partial charge in [0.25, 0.3) is 0 Å². The van der Waals surface area contributed by atoms with Gasteiger partial charge < -0.3 is 24.8 Å². The maximum Gasteiger partial charge on any atom is 0.412 e. The number of ether oxygens (including phenoxy) is 3. The Labute approximate surface area is 158 Å². The first kappa shape index (κ1) is 20.1. The van der Waals surface area contributed by atoms with Crippen LogP contribution in [0.25, 0.3) is 0 Å². The van der Waals surface area contributed by atoms with E-state index in [0.717, 1.165) is 5.56 Å². The molecule has 2 N–H and O–H groups in total. The third kappa shape index (κ3) is 6.89. The first-order chi connectivity index (χ1) is 13.1. The summed E-state index contributed by atoms with van der Waals surface area (Å²) in [5.41, 5.74) is 0.979. The standard InChI is InChI=1S/C20H24N2O5/c1-25-17-10-8-15(14-18(17)26-2)9-11-19(23)21-12-13-22-20(24)27-16-6-4-3-5-7-16/h3-8,10,14H,9,11-13H2,1-2H3,(H,21,23)(H,22,24). The van der Waals surface area contributed by atoms with Gasteiger partial charge in [-0.1, -0.05) is 24.3 Å². The van der Waals surface area contributed by atoms with Gasteiger partial charge >= 0.3 is 6.09 Å². The minimum absolute atomic E-state index is 0.0944. The van der Waals surface area contributed by atoms with Crippen molar-refractivity contribution >= 4 is 12.0 Å². The summed E-state index contributed by atoms with van der Waals surface area (Å²) < 4.78 is 15.5. The lowest BCUT2D eigenvalue weighted by Crippen LogP contribution is -2.36. The van der Waals surface area contributed by atoms with Gasteiger partial charge in [0.05, 0.1) is 14.2 Å². The smallest absolute Gasteiger partial charge is 0.412 e. The van der Waals surface area contributed by atoms with Crippen molar-refractivity contribution in [2.24, 2.45) is 0 Å². The molecule has 0 bridgehead atoms. The number of aryl methyl sites for hydroxylation is 1. The fraction of sp³-hybridized carbons (Fsp3) is 0.300. The number of hydrogen-bond donors (Lipinski definition) is 2. The summed E-state index contributed by atoms with van der Waals surface area (Å²) >= 11 is 0. The predicted octanol–water partition coefficient (Wildman–Crippen LogP) is 2.54. The Morgan fingerprint density at radius 1 is 0.889 bits per heavy atom. The Morgan fingerprint density at radius 3 is 2.30 bits per heavy atom. The fourth-order valence-electron chi connectivity index (χ4n) is 2.38. The third-order valence-corrected chi connectivity index (χ3v) is 3.76. The Balaban J connectivity index is 1.64. The molecule has 0 heterocycles. The van der Waals surface area contributed by atoms with Crippen LogP contribution < -0.4 is 24.8 Å². The van der Waals surface area contributed by atoms with Crippen LogP contribution in [0.1, 0.15) is 12.0 Å². The molecule has 0 aliphatic heterocycles. The Kier molecular flexibility index (Phi) is 7.96. The first-order valence-corrected chi connectivity index (χ1v) is 8.60. The molecule has 2 aromatic rings. The molecule has 0 atom stereocenters. The van der Waals surface area contributed by atoms with Gasteiger partial charge in [-0.2, -0.15) is 0 Å². The molecule has 2 amide bonds. The molecule has 2 aromatic carbocycles. The molecule has 0 spiro atoms. The van der Waals surface area contributed by atoms with Crippen LogP contribution in [-0.2, 0) is 11.2 Å². The second kappa shape index (κ2) is 10.7. The van der Waals surface area contributed by atoms with E-state index in [1.54, 1.807) is 38.5 Å². The molecule has 0 radical (unpaired) electrons. The van der Waals surface area contributed by atoms with Crippen LogP contribution in [0, 0.1) is 0 Å². The largest absolute Gasteiger partial charge is 0.493 e. The highest BCUT2D eigenvalue weighted by Gasteiger charge is 2.07. The van der Waals surface area contributed by atoms with Gasteiger partial charge in [0.1, 0.15) is 5.75 Å². The highest BCUT2D eigenvalue weighted by atomic mass is 16.6. The number of carbonyl (C=O) groups excluding carboxylic acids is 2. The quantitative estimate of drug-likeness (QED) is 0.661. The van der Waals surface area contributed by atoms with Crippen molar-refractivity contribution in [2.45, 2.75) is 12.8 Å². The summed E-state index contributed by atoms with van der Waals surface area (Å²) in [4.78, 5) is 23.5. The average Bonchev–Trinajstić information content (AvgIpc) is 2.70. The lowest BCUT2D eigenvalue weighted by Gasteiger charge is -2.10.